The van der Waals surface area contributed by atoms with Crippen LogP contribution in [0, 0.1) is 11.3 Å². The van der Waals surface area contributed by atoms with Crippen molar-refractivity contribution in [2.45, 2.75) is 23.8 Å². The van der Waals surface area contributed by atoms with Gasteiger partial charge >= 0.3 is 0 Å². The number of benzene rings is 4. The summed E-state index contributed by atoms with van der Waals surface area (Å²) < 4.78 is 7.04. The summed E-state index contributed by atoms with van der Waals surface area (Å²) in [6, 6.07) is 26.1. The Hall–Kier alpha value is -3.83. The van der Waals surface area contributed by atoms with E-state index < -0.39 is 17.4 Å². The Bertz CT molecular complexity index is 1740. The van der Waals surface area contributed by atoms with Gasteiger partial charge in [-0.2, -0.15) is 5.26 Å². The third-order valence-corrected chi connectivity index (χ3v) is 8.44. The molecule has 198 valence electrons. The van der Waals surface area contributed by atoms with Crippen LogP contribution < -0.4 is 15.4 Å². The molecule has 2 N–H and O–H groups in total. The number of nitrogens with zero attached hydrogens (tertiary/aromatic N) is 1. The maximum Gasteiger partial charge on any atom is 0.238 e. The Balaban J connectivity index is 1.60. The second-order valence-corrected chi connectivity index (χ2v) is 11.5. The zero-order chi connectivity index (χ0) is 28.0. The summed E-state index contributed by atoms with van der Waals surface area (Å²) in [7, 11) is 0. The summed E-state index contributed by atoms with van der Waals surface area (Å²) >= 11 is 16.3. The van der Waals surface area contributed by atoms with E-state index in [4.69, 9.17) is 27.9 Å². The number of fused-ring (bicyclic) bond motifs is 2. The second kappa shape index (κ2) is 10.3. The third kappa shape index (κ3) is 4.43. The van der Waals surface area contributed by atoms with E-state index in [0.29, 0.717) is 43.9 Å². The van der Waals surface area contributed by atoms with Gasteiger partial charge in [-0.25, -0.2) is 0 Å². The number of halogens is 3. The lowest BCUT2D eigenvalue weighted by Crippen LogP contribution is -2.56. The number of carbonyl (C=O) groups is 2. The normalized spacial score (nSPS) is 21.4. The smallest absolute Gasteiger partial charge is 0.238 e. The van der Waals surface area contributed by atoms with E-state index in [1.165, 1.54) is 0 Å². The molecule has 0 aromatic heterocycles. The molecule has 40 heavy (non-hydrogen) atoms. The van der Waals surface area contributed by atoms with E-state index in [9.17, 15) is 14.9 Å². The number of rotatable bonds is 4. The molecule has 2 aliphatic rings. The van der Waals surface area contributed by atoms with Crippen LogP contribution in [0.25, 0.3) is 0 Å². The van der Waals surface area contributed by atoms with Crippen LogP contribution in [0.1, 0.15) is 40.6 Å². The standard InChI is InChI=1S/C31H20BrCl2N3O3/c32-19-7-10-27(40-22-6-1-3-17(11-22)16-35)23(13-19)29-31(24-9-8-21(34)14-26(24)36-30(31)39)25(15-28(38)37-29)18-4-2-5-20(33)12-18/h1-14,25,29H,15H2,(H,36,39)(H,37,38)/t25-,29+,31?/m0/s1. The number of piperidine rings is 1. The van der Waals surface area contributed by atoms with E-state index in [2.05, 4.69) is 32.6 Å². The average molecular weight is 633 g/mol. The van der Waals surface area contributed by atoms with E-state index in [1.54, 1.807) is 54.6 Å². The molecule has 0 saturated carbocycles. The monoisotopic (exact) mass is 631 g/mol. The van der Waals surface area contributed by atoms with Crippen molar-refractivity contribution in [2.24, 2.45) is 0 Å². The molecule has 0 aliphatic carbocycles. The van der Waals surface area contributed by atoms with E-state index in [1.807, 2.05) is 30.3 Å². The number of nitrogens with one attached hydrogen (secondary N) is 2. The molecule has 3 atom stereocenters. The highest BCUT2D eigenvalue weighted by Crippen LogP contribution is 2.58. The lowest BCUT2D eigenvalue weighted by atomic mass is 9.59. The fourth-order valence-corrected chi connectivity index (χ4v) is 6.61. The van der Waals surface area contributed by atoms with Gasteiger partial charge in [-0.15, -0.1) is 0 Å². The molecule has 6 nitrogen and oxygen atoms in total. The predicted molar refractivity (Wildman–Crippen MR) is 157 cm³/mol. The van der Waals surface area contributed by atoms with Crippen molar-refractivity contribution in [2.75, 3.05) is 5.32 Å². The largest absolute Gasteiger partial charge is 0.457 e. The molecule has 4 aromatic rings. The van der Waals surface area contributed by atoms with Gasteiger partial charge in [-0.05, 0) is 71.8 Å². The summed E-state index contributed by atoms with van der Waals surface area (Å²) in [5, 5.41) is 16.5. The number of amides is 2. The molecule has 1 fully saturated rings. The Kier molecular flexibility index (Phi) is 6.79. The fourth-order valence-electron chi connectivity index (χ4n) is 5.86. The molecule has 2 aliphatic heterocycles. The zero-order valence-electron chi connectivity index (χ0n) is 20.8. The molecule has 6 rings (SSSR count). The van der Waals surface area contributed by atoms with Crippen LogP contribution >= 0.6 is 39.1 Å². The average Bonchev–Trinajstić information content (AvgIpc) is 3.21. The summed E-state index contributed by atoms with van der Waals surface area (Å²) in [6.07, 6.45) is 0.0702. The molecule has 1 unspecified atom stereocenters. The molecule has 2 heterocycles. The molecular weight excluding hydrogens is 613 g/mol. The summed E-state index contributed by atoms with van der Waals surface area (Å²) in [6.45, 7) is 0. The number of nitriles is 1. The summed E-state index contributed by atoms with van der Waals surface area (Å²) in [4.78, 5) is 27.7. The molecular formula is C31H20BrCl2N3O3. The summed E-state index contributed by atoms with van der Waals surface area (Å²) in [5.41, 5.74) is 1.85. The van der Waals surface area contributed by atoms with Crippen LogP contribution in [0.4, 0.5) is 5.69 Å². The quantitative estimate of drug-likeness (QED) is 0.242. The third-order valence-electron chi connectivity index (χ3n) is 7.48. The molecule has 0 radical (unpaired) electrons. The maximum atomic E-state index is 14.3. The van der Waals surface area contributed by atoms with Crippen molar-refractivity contribution < 1.29 is 14.3 Å². The van der Waals surface area contributed by atoms with Gasteiger partial charge in [0.1, 0.15) is 16.9 Å². The number of hydrogen-bond donors (Lipinski definition) is 2. The van der Waals surface area contributed by atoms with Crippen LogP contribution in [0.3, 0.4) is 0 Å². The van der Waals surface area contributed by atoms with Gasteiger partial charge in [0.25, 0.3) is 0 Å². The number of carbonyl (C=O) groups excluding carboxylic acids is 2. The second-order valence-electron chi connectivity index (χ2n) is 9.75. The van der Waals surface area contributed by atoms with Crippen molar-refractivity contribution >= 4 is 56.6 Å². The molecule has 9 heteroatoms. The molecule has 1 saturated heterocycles. The lowest BCUT2D eigenvalue weighted by molar-refractivity contribution is -0.131. The number of hydrogen-bond acceptors (Lipinski definition) is 4. The summed E-state index contributed by atoms with van der Waals surface area (Å²) in [5.74, 6) is -0.148. The van der Waals surface area contributed by atoms with Crippen LogP contribution in [0.15, 0.2) is 89.4 Å². The van der Waals surface area contributed by atoms with Crippen LogP contribution in [-0.4, -0.2) is 11.8 Å². The minimum atomic E-state index is -1.26. The minimum Gasteiger partial charge on any atom is -0.457 e. The first-order valence-corrected chi connectivity index (χ1v) is 14.0. The van der Waals surface area contributed by atoms with Crippen molar-refractivity contribution in [1.82, 2.24) is 5.32 Å². The topological polar surface area (TPSA) is 91.2 Å². The molecule has 0 bridgehead atoms. The van der Waals surface area contributed by atoms with Crippen LogP contribution in [0.2, 0.25) is 10.0 Å². The highest BCUT2D eigenvalue weighted by molar-refractivity contribution is 9.10. The minimum absolute atomic E-state index is 0.0702. The van der Waals surface area contributed by atoms with Crippen molar-refractivity contribution in [1.29, 1.82) is 5.26 Å². The first-order valence-electron chi connectivity index (χ1n) is 12.4. The van der Waals surface area contributed by atoms with E-state index >= 15 is 0 Å². The van der Waals surface area contributed by atoms with Crippen molar-refractivity contribution in [3.8, 4) is 17.6 Å². The first-order chi connectivity index (χ1) is 19.3. The van der Waals surface area contributed by atoms with Crippen LogP contribution in [0.5, 0.6) is 11.5 Å². The highest BCUT2D eigenvalue weighted by atomic mass is 79.9. The van der Waals surface area contributed by atoms with Gasteiger partial charge < -0.3 is 15.4 Å². The van der Waals surface area contributed by atoms with Crippen LogP contribution in [-0.2, 0) is 15.0 Å². The maximum absolute atomic E-state index is 14.3. The molecule has 1 spiro atoms. The lowest BCUT2D eigenvalue weighted by Gasteiger charge is -2.46. The molecule has 2 amide bonds. The Morgan fingerprint density at radius 1 is 0.950 bits per heavy atom. The number of ether oxygens (including phenoxy) is 1. The predicted octanol–water partition coefficient (Wildman–Crippen LogP) is 7.65. The Labute approximate surface area is 249 Å². The van der Waals surface area contributed by atoms with Gasteiger partial charge in [-0.3, -0.25) is 9.59 Å². The Morgan fingerprint density at radius 2 is 1.75 bits per heavy atom. The first kappa shape index (κ1) is 26.4. The highest BCUT2D eigenvalue weighted by Gasteiger charge is 2.61. The van der Waals surface area contributed by atoms with Crippen molar-refractivity contribution in [3.63, 3.8) is 0 Å². The van der Waals surface area contributed by atoms with Gasteiger partial charge in [0, 0.05) is 38.1 Å². The van der Waals surface area contributed by atoms with E-state index in [-0.39, 0.29) is 18.2 Å². The molecule has 4 aromatic carbocycles. The van der Waals surface area contributed by atoms with Gasteiger partial charge in [0.2, 0.25) is 11.8 Å². The van der Waals surface area contributed by atoms with Gasteiger partial charge in [0.05, 0.1) is 17.7 Å². The van der Waals surface area contributed by atoms with Gasteiger partial charge in [-0.1, -0.05) is 63.4 Å². The zero-order valence-corrected chi connectivity index (χ0v) is 23.8. The van der Waals surface area contributed by atoms with E-state index in [0.717, 1.165) is 10.0 Å². The van der Waals surface area contributed by atoms with Crippen molar-refractivity contribution in [3.05, 3.63) is 122 Å². The number of anilines is 1. The Morgan fingerprint density at radius 3 is 2.55 bits per heavy atom. The fraction of sp³-hybridized carbons (Fsp3) is 0.129. The SMILES string of the molecule is N#Cc1cccc(Oc2ccc(Br)cc2[C@H]2NC(=O)C[C@@H](c3cccc(Cl)c3)C23C(=O)Nc2cc(Cl)ccc23)c1. The van der Waals surface area contributed by atoms with Gasteiger partial charge in [0.15, 0.2) is 0 Å².